The number of nitrogens with zero attached hydrogens (tertiary/aromatic N) is 1. The van der Waals surface area contributed by atoms with Crippen molar-refractivity contribution in [2.75, 3.05) is 41.0 Å². The van der Waals surface area contributed by atoms with Crippen LogP contribution in [0.15, 0.2) is 85.1 Å². The average Bonchev–Trinajstić information content (AvgIpc) is 3.22. The zero-order valence-electron chi connectivity index (χ0n) is 39.6. The van der Waals surface area contributed by atoms with Gasteiger partial charge >= 0.3 is 17.9 Å². The van der Waals surface area contributed by atoms with E-state index in [2.05, 4.69) is 98.9 Å². The molecule has 0 heterocycles. The van der Waals surface area contributed by atoms with Crippen LogP contribution in [0.25, 0.3) is 0 Å². The van der Waals surface area contributed by atoms with Crippen LogP contribution in [0.4, 0.5) is 0 Å². The second kappa shape index (κ2) is 43.2. The number of hydrogen-bond acceptors (Lipinski definition) is 6. The Morgan fingerprint density at radius 3 is 1.41 bits per heavy atom. The molecule has 0 aromatic heterocycles. The predicted molar refractivity (Wildman–Crippen MR) is 256 cm³/mol. The third kappa shape index (κ3) is 41.6. The van der Waals surface area contributed by atoms with E-state index in [1.54, 1.807) is 0 Å². The number of esters is 2. The molecule has 0 aliphatic rings. The molecule has 0 radical (unpaired) electrons. The Bertz CT molecular complexity index is 1270. The topological polar surface area (TPSA) is 99.1 Å². The van der Waals surface area contributed by atoms with Gasteiger partial charge in [-0.3, -0.25) is 9.59 Å². The van der Waals surface area contributed by atoms with Crippen LogP contribution in [0.1, 0.15) is 181 Å². The number of likely N-dealkylation sites (N-methyl/N-ethyl adjacent to an activating group) is 1. The van der Waals surface area contributed by atoms with Crippen LogP contribution in [0.2, 0.25) is 0 Å². The summed E-state index contributed by atoms with van der Waals surface area (Å²) >= 11 is 0. The fourth-order valence-corrected chi connectivity index (χ4v) is 6.57. The van der Waals surface area contributed by atoms with Crippen LogP contribution in [0, 0.1) is 0 Å². The number of carboxylic acid groups (broad SMARTS) is 1. The first-order valence-corrected chi connectivity index (χ1v) is 24.1. The lowest BCUT2D eigenvalue weighted by atomic mass is 10.1. The second-order valence-electron chi connectivity index (χ2n) is 17.0. The molecule has 0 aromatic rings. The summed E-state index contributed by atoms with van der Waals surface area (Å²) in [6, 6.07) is -0.630. The van der Waals surface area contributed by atoms with E-state index in [9.17, 15) is 19.5 Å². The fourth-order valence-electron chi connectivity index (χ4n) is 6.57. The number of allylic oxidation sites excluding steroid dienone is 14. The molecular weight excluding hydrogens is 763 g/mol. The number of unbranched alkanes of at least 4 members (excludes halogenated alkanes) is 14. The number of carbonyl (C=O) groups is 3. The van der Waals surface area contributed by atoms with Crippen molar-refractivity contribution in [3.63, 3.8) is 0 Å². The molecule has 0 bridgehead atoms. The SMILES string of the molecule is CC/C=C/C/C=C/C/C=C/C/C=C/CCCCCCCCCC(=O)OCC(COCCC(C(=O)O)[N+](C)(C)C)OC(=O)CCC/C=C/C/C=C/C/C=C/CCCCCCCC. The third-order valence-electron chi connectivity index (χ3n) is 10.3. The zero-order chi connectivity index (χ0) is 44.9. The van der Waals surface area contributed by atoms with Crippen molar-refractivity contribution in [1.29, 1.82) is 0 Å². The van der Waals surface area contributed by atoms with Gasteiger partial charge in [-0.25, -0.2) is 4.79 Å². The quantitative estimate of drug-likeness (QED) is 0.0283. The molecule has 8 heteroatoms. The molecular formula is C53H90NO7+. The van der Waals surface area contributed by atoms with Crippen molar-refractivity contribution in [3.05, 3.63) is 85.1 Å². The minimum Gasteiger partial charge on any atom is -0.477 e. The number of hydrogen-bond donors (Lipinski definition) is 1. The molecule has 0 aliphatic heterocycles. The maximum Gasteiger partial charge on any atom is 0.362 e. The predicted octanol–water partition coefficient (Wildman–Crippen LogP) is 13.7. The Labute approximate surface area is 373 Å². The van der Waals surface area contributed by atoms with E-state index in [0.717, 1.165) is 70.6 Å². The van der Waals surface area contributed by atoms with Crippen molar-refractivity contribution in [1.82, 2.24) is 0 Å². The molecule has 1 N–H and O–H groups in total. The Morgan fingerprint density at radius 1 is 0.508 bits per heavy atom. The lowest BCUT2D eigenvalue weighted by Crippen LogP contribution is -2.50. The first kappa shape index (κ1) is 57.5. The van der Waals surface area contributed by atoms with Gasteiger partial charge in [-0.15, -0.1) is 0 Å². The highest BCUT2D eigenvalue weighted by Gasteiger charge is 2.31. The molecule has 0 fully saturated rings. The van der Waals surface area contributed by atoms with Gasteiger partial charge in [0.25, 0.3) is 0 Å². The third-order valence-corrected chi connectivity index (χ3v) is 10.3. The highest BCUT2D eigenvalue weighted by molar-refractivity contribution is 5.72. The van der Waals surface area contributed by atoms with Crippen LogP contribution < -0.4 is 0 Å². The molecule has 0 aromatic carbocycles. The molecule has 348 valence electrons. The Kier molecular flexibility index (Phi) is 40.7. The summed E-state index contributed by atoms with van der Waals surface area (Å²) in [7, 11) is 5.50. The summed E-state index contributed by atoms with van der Waals surface area (Å²) in [4.78, 5) is 37.1. The van der Waals surface area contributed by atoms with Crippen molar-refractivity contribution in [2.45, 2.75) is 193 Å². The summed E-state index contributed by atoms with van der Waals surface area (Å²) in [5, 5.41) is 9.64. The average molecular weight is 853 g/mol. The molecule has 0 aliphatic carbocycles. The molecule has 2 unspecified atom stereocenters. The highest BCUT2D eigenvalue weighted by Crippen LogP contribution is 2.13. The van der Waals surface area contributed by atoms with E-state index < -0.39 is 18.1 Å². The summed E-state index contributed by atoms with van der Waals surface area (Å²) in [6.07, 6.45) is 56.3. The zero-order valence-corrected chi connectivity index (χ0v) is 39.6. The molecule has 61 heavy (non-hydrogen) atoms. The van der Waals surface area contributed by atoms with Gasteiger partial charge in [0.2, 0.25) is 0 Å². The van der Waals surface area contributed by atoms with Gasteiger partial charge in [-0.2, -0.15) is 0 Å². The number of carboxylic acids is 1. The second-order valence-corrected chi connectivity index (χ2v) is 17.0. The first-order valence-electron chi connectivity index (χ1n) is 24.1. The minimum atomic E-state index is -0.887. The van der Waals surface area contributed by atoms with Crippen molar-refractivity contribution in [3.8, 4) is 0 Å². The van der Waals surface area contributed by atoms with Gasteiger partial charge < -0.3 is 23.8 Å². The standard InChI is InChI=1S/C53H89NO7/c1-6-8-10-12-14-16-18-20-22-24-25-26-28-29-31-33-35-37-39-41-43-51(55)60-48-49(47-59-46-45-50(53(57)58)54(3,4)5)61-52(56)44-42-40-38-36-34-32-30-27-23-21-19-17-15-13-11-9-7-2/h8,10,14,16,20-23,25-26,30,32,36,38,49-50H,6-7,9,11-13,15,17-19,24,27-29,31,33-35,37,39-48H2,1-5H3/p+1/b10-8+,16-14+,22-20+,23-21+,26-25+,32-30+,38-36+. The van der Waals surface area contributed by atoms with Crippen LogP contribution in [-0.4, -0.2) is 80.6 Å². The van der Waals surface area contributed by atoms with Crippen LogP contribution >= 0.6 is 0 Å². The molecule has 0 amide bonds. The molecule has 2 atom stereocenters. The Balaban J connectivity index is 4.39. The van der Waals surface area contributed by atoms with E-state index in [1.807, 2.05) is 21.1 Å². The fraction of sp³-hybridized carbons (Fsp3) is 0.679. The van der Waals surface area contributed by atoms with Crippen LogP contribution in [0.5, 0.6) is 0 Å². The van der Waals surface area contributed by atoms with Gasteiger partial charge in [-0.05, 0) is 83.5 Å². The smallest absolute Gasteiger partial charge is 0.362 e. The van der Waals surface area contributed by atoms with Crippen molar-refractivity contribution < 1.29 is 38.2 Å². The number of quaternary nitrogens is 1. The summed E-state index contributed by atoms with van der Waals surface area (Å²) in [5.41, 5.74) is 0. The van der Waals surface area contributed by atoms with Gasteiger partial charge in [0.1, 0.15) is 6.61 Å². The maximum atomic E-state index is 12.7. The number of rotatable bonds is 42. The van der Waals surface area contributed by atoms with Gasteiger partial charge in [0, 0.05) is 19.3 Å². The summed E-state index contributed by atoms with van der Waals surface area (Å²) in [5.74, 6) is -1.56. The minimum absolute atomic E-state index is 0.0330. The summed E-state index contributed by atoms with van der Waals surface area (Å²) in [6.45, 7) is 4.54. The Hall–Kier alpha value is -3.49. The van der Waals surface area contributed by atoms with Crippen LogP contribution in [-0.2, 0) is 28.6 Å². The number of aliphatic carboxylic acids is 1. The van der Waals surface area contributed by atoms with Gasteiger partial charge in [0.05, 0.1) is 34.4 Å². The Morgan fingerprint density at radius 2 is 0.934 bits per heavy atom. The highest BCUT2D eigenvalue weighted by atomic mass is 16.6. The van der Waals surface area contributed by atoms with E-state index in [-0.39, 0.29) is 42.7 Å². The number of carbonyl (C=O) groups excluding carboxylic acids is 2. The first-order chi connectivity index (χ1) is 29.6. The van der Waals surface area contributed by atoms with E-state index >= 15 is 0 Å². The summed E-state index contributed by atoms with van der Waals surface area (Å²) < 4.78 is 17.3. The van der Waals surface area contributed by atoms with Crippen molar-refractivity contribution in [2.24, 2.45) is 0 Å². The van der Waals surface area contributed by atoms with Crippen LogP contribution in [0.3, 0.4) is 0 Å². The lowest BCUT2D eigenvalue weighted by molar-refractivity contribution is -0.887. The monoisotopic (exact) mass is 853 g/mol. The molecule has 0 saturated heterocycles. The number of ether oxygens (including phenoxy) is 3. The maximum absolute atomic E-state index is 12.7. The van der Waals surface area contributed by atoms with E-state index in [1.165, 1.54) is 70.6 Å². The largest absolute Gasteiger partial charge is 0.477 e. The van der Waals surface area contributed by atoms with Gasteiger partial charge in [0.15, 0.2) is 12.1 Å². The van der Waals surface area contributed by atoms with Gasteiger partial charge in [-0.1, -0.05) is 163 Å². The van der Waals surface area contributed by atoms with Crippen molar-refractivity contribution >= 4 is 17.9 Å². The molecule has 8 nitrogen and oxygen atoms in total. The molecule has 0 saturated carbocycles. The van der Waals surface area contributed by atoms with E-state index in [4.69, 9.17) is 14.2 Å². The molecule has 0 spiro atoms. The molecule has 0 rings (SSSR count). The van der Waals surface area contributed by atoms with E-state index in [0.29, 0.717) is 19.3 Å². The lowest BCUT2D eigenvalue weighted by Gasteiger charge is -2.31. The normalized spacial score (nSPS) is 13.7.